The molecule has 19 heavy (non-hydrogen) atoms. The summed E-state index contributed by atoms with van der Waals surface area (Å²) >= 11 is 0. The van der Waals surface area contributed by atoms with Crippen molar-refractivity contribution in [1.82, 2.24) is 10.2 Å². The Morgan fingerprint density at radius 3 is 2.63 bits per heavy atom. The normalized spacial score (nSPS) is 21.5. The monoisotopic (exact) mass is 272 g/mol. The Hall–Kier alpha value is -1.07. The summed E-state index contributed by atoms with van der Waals surface area (Å²) in [6.45, 7) is 1.56. The van der Waals surface area contributed by atoms with Crippen LogP contribution in [-0.2, 0) is 6.54 Å². The molecule has 1 unspecified atom stereocenters. The average molecular weight is 272 g/mol. The minimum atomic E-state index is -4.12. The molecule has 1 heterocycles. The zero-order valence-electron chi connectivity index (χ0n) is 10.8. The van der Waals surface area contributed by atoms with Gasteiger partial charge in [-0.15, -0.1) is 0 Å². The van der Waals surface area contributed by atoms with Crippen LogP contribution in [0.2, 0.25) is 0 Å². The van der Waals surface area contributed by atoms with Crippen molar-refractivity contribution in [2.24, 2.45) is 0 Å². The molecule has 0 amide bonds. The van der Waals surface area contributed by atoms with Gasteiger partial charge in [-0.3, -0.25) is 4.90 Å². The largest absolute Gasteiger partial charge is 0.401 e. The quantitative estimate of drug-likeness (QED) is 0.906. The number of nitrogens with zero attached hydrogens (tertiary/aromatic N) is 1. The number of likely N-dealkylation sites (tertiary alicyclic amines) is 1. The molecule has 106 valence electrons. The third-order valence-electron chi connectivity index (χ3n) is 3.35. The highest BCUT2D eigenvalue weighted by molar-refractivity contribution is 5.14. The van der Waals surface area contributed by atoms with Crippen molar-refractivity contribution >= 4 is 0 Å². The number of alkyl halides is 3. The first-order chi connectivity index (χ1) is 9.03. The number of nitrogens with one attached hydrogen (secondary N) is 1. The Bertz CT molecular complexity index is 378. The average Bonchev–Trinajstić information content (AvgIpc) is 2.37. The van der Waals surface area contributed by atoms with Gasteiger partial charge in [-0.2, -0.15) is 13.2 Å². The van der Waals surface area contributed by atoms with E-state index in [0.29, 0.717) is 6.54 Å². The molecule has 1 aliphatic heterocycles. The van der Waals surface area contributed by atoms with E-state index < -0.39 is 12.7 Å². The molecule has 0 radical (unpaired) electrons. The molecule has 1 aliphatic rings. The van der Waals surface area contributed by atoms with Crippen molar-refractivity contribution in [2.75, 3.05) is 19.6 Å². The van der Waals surface area contributed by atoms with Gasteiger partial charge in [0.15, 0.2) is 0 Å². The Labute approximate surface area is 111 Å². The van der Waals surface area contributed by atoms with Crippen molar-refractivity contribution in [3.8, 4) is 0 Å². The van der Waals surface area contributed by atoms with Gasteiger partial charge in [0, 0.05) is 19.1 Å². The van der Waals surface area contributed by atoms with Crippen molar-refractivity contribution in [3.63, 3.8) is 0 Å². The number of benzene rings is 1. The Kier molecular flexibility index (Phi) is 4.82. The highest BCUT2D eigenvalue weighted by Crippen LogP contribution is 2.16. The number of hydrogen-bond donors (Lipinski definition) is 1. The summed E-state index contributed by atoms with van der Waals surface area (Å²) in [6, 6.07) is 9.98. The van der Waals surface area contributed by atoms with Gasteiger partial charge < -0.3 is 5.32 Å². The van der Waals surface area contributed by atoms with Crippen LogP contribution in [0, 0.1) is 0 Å². The maximum atomic E-state index is 12.2. The molecule has 1 fully saturated rings. The topological polar surface area (TPSA) is 15.3 Å². The van der Waals surface area contributed by atoms with Gasteiger partial charge in [0.1, 0.15) is 0 Å². The second-order valence-corrected chi connectivity index (χ2v) is 5.06. The second-order valence-electron chi connectivity index (χ2n) is 5.06. The molecule has 0 saturated carbocycles. The van der Waals surface area contributed by atoms with Crippen molar-refractivity contribution < 1.29 is 13.2 Å². The molecule has 5 heteroatoms. The molecule has 2 nitrogen and oxygen atoms in total. The summed E-state index contributed by atoms with van der Waals surface area (Å²) in [6.07, 6.45) is -2.36. The second kappa shape index (κ2) is 6.39. The molecular weight excluding hydrogens is 253 g/mol. The van der Waals surface area contributed by atoms with Crippen molar-refractivity contribution in [1.29, 1.82) is 0 Å². The zero-order chi connectivity index (χ0) is 13.7. The molecule has 0 bridgehead atoms. The fourth-order valence-electron chi connectivity index (χ4n) is 2.47. The van der Waals surface area contributed by atoms with Gasteiger partial charge in [0.25, 0.3) is 0 Å². The standard InChI is InChI=1S/C14H19F3N2/c15-14(16,17)11-18-13-7-4-8-19(10-13)9-12-5-2-1-3-6-12/h1-3,5-6,13,18H,4,7-11H2. The van der Waals surface area contributed by atoms with Crippen LogP contribution >= 0.6 is 0 Å². The van der Waals surface area contributed by atoms with E-state index in [4.69, 9.17) is 0 Å². The summed E-state index contributed by atoms with van der Waals surface area (Å²) in [5.74, 6) is 0. The minimum Gasteiger partial charge on any atom is -0.305 e. The SMILES string of the molecule is FC(F)(F)CNC1CCCN(Cc2ccccc2)C1. The van der Waals surface area contributed by atoms with Crippen LogP contribution in [0.5, 0.6) is 0 Å². The van der Waals surface area contributed by atoms with Crippen molar-refractivity contribution in [2.45, 2.75) is 31.6 Å². The summed E-state index contributed by atoms with van der Waals surface area (Å²) in [7, 11) is 0. The van der Waals surface area contributed by atoms with Gasteiger partial charge in [0.05, 0.1) is 6.54 Å². The van der Waals surface area contributed by atoms with Crippen LogP contribution in [0.1, 0.15) is 18.4 Å². The molecular formula is C14H19F3N2. The molecule has 1 atom stereocenters. The fraction of sp³-hybridized carbons (Fsp3) is 0.571. The predicted octanol–water partition coefficient (Wildman–Crippen LogP) is 2.80. The highest BCUT2D eigenvalue weighted by Gasteiger charge is 2.29. The summed E-state index contributed by atoms with van der Waals surface area (Å²) in [5.41, 5.74) is 1.21. The van der Waals surface area contributed by atoms with E-state index >= 15 is 0 Å². The van der Waals surface area contributed by atoms with Crippen LogP contribution in [0.25, 0.3) is 0 Å². The Morgan fingerprint density at radius 1 is 1.21 bits per heavy atom. The Balaban J connectivity index is 1.80. The lowest BCUT2D eigenvalue weighted by molar-refractivity contribution is -0.127. The number of piperidine rings is 1. The molecule has 1 aromatic rings. The van der Waals surface area contributed by atoms with E-state index in [9.17, 15) is 13.2 Å². The maximum Gasteiger partial charge on any atom is 0.401 e. The van der Waals surface area contributed by atoms with E-state index in [1.54, 1.807) is 0 Å². The van der Waals surface area contributed by atoms with E-state index in [1.165, 1.54) is 5.56 Å². The summed E-state index contributed by atoms with van der Waals surface area (Å²) in [5, 5.41) is 2.61. The van der Waals surface area contributed by atoms with E-state index in [0.717, 1.165) is 25.9 Å². The molecule has 0 spiro atoms. The molecule has 0 aromatic heterocycles. The first-order valence-electron chi connectivity index (χ1n) is 6.59. The first kappa shape index (κ1) is 14.3. The number of hydrogen-bond acceptors (Lipinski definition) is 2. The summed E-state index contributed by atoms with van der Waals surface area (Å²) in [4.78, 5) is 2.22. The van der Waals surface area contributed by atoms with E-state index in [2.05, 4.69) is 10.2 Å². The third kappa shape index (κ3) is 5.20. The Morgan fingerprint density at radius 2 is 1.95 bits per heavy atom. The lowest BCUT2D eigenvalue weighted by atomic mass is 10.0. The van der Waals surface area contributed by atoms with Gasteiger partial charge in [-0.1, -0.05) is 30.3 Å². The van der Waals surface area contributed by atoms with Gasteiger partial charge in [-0.05, 0) is 24.9 Å². The molecule has 1 N–H and O–H groups in total. The highest BCUT2D eigenvalue weighted by atomic mass is 19.4. The van der Waals surface area contributed by atoms with Gasteiger partial charge in [-0.25, -0.2) is 0 Å². The lowest BCUT2D eigenvalue weighted by Crippen LogP contribution is -2.47. The van der Waals surface area contributed by atoms with Crippen LogP contribution in [0.15, 0.2) is 30.3 Å². The van der Waals surface area contributed by atoms with Crippen molar-refractivity contribution in [3.05, 3.63) is 35.9 Å². The van der Waals surface area contributed by atoms with E-state index in [1.807, 2.05) is 30.3 Å². The van der Waals surface area contributed by atoms with Gasteiger partial charge >= 0.3 is 6.18 Å². The minimum absolute atomic E-state index is 0.0564. The van der Waals surface area contributed by atoms with Gasteiger partial charge in [0.2, 0.25) is 0 Å². The van der Waals surface area contributed by atoms with Crippen LogP contribution in [-0.4, -0.2) is 36.8 Å². The summed E-state index contributed by atoms with van der Waals surface area (Å²) < 4.78 is 36.5. The number of rotatable bonds is 4. The van der Waals surface area contributed by atoms with Crippen LogP contribution in [0.3, 0.4) is 0 Å². The molecule has 2 rings (SSSR count). The number of halogens is 3. The molecule has 0 aliphatic carbocycles. The molecule has 1 saturated heterocycles. The van der Waals surface area contributed by atoms with Crippen LogP contribution in [0.4, 0.5) is 13.2 Å². The zero-order valence-corrected chi connectivity index (χ0v) is 10.8. The fourth-order valence-corrected chi connectivity index (χ4v) is 2.47. The lowest BCUT2D eigenvalue weighted by Gasteiger charge is -2.33. The predicted molar refractivity (Wildman–Crippen MR) is 68.8 cm³/mol. The first-order valence-corrected chi connectivity index (χ1v) is 6.59. The smallest absolute Gasteiger partial charge is 0.305 e. The van der Waals surface area contributed by atoms with E-state index in [-0.39, 0.29) is 6.04 Å². The van der Waals surface area contributed by atoms with Crippen LogP contribution < -0.4 is 5.32 Å². The third-order valence-corrected chi connectivity index (χ3v) is 3.35. The maximum absolute atomic E-state index is 12.2. The molecule has 1 aromatic carbocycles.